The Kier molecular flexibility index (Phi) is 5.75. The molecule has 0 bridgehead atoms. The first-order chi connectivity index (χ1) is 14.0. The molecule has 142 valence electrons. The van der Waals surface area contributed by atoms with Crippen LogP contribution in [-0.2, 0) is 0 Å². The zero-order valence-corrected chi connectivity index (χ0v) is 17.8. The smallest absolute Gasteiger partial charge is 0.136 e. The van der Waals surface area contributed by atoms with Gasteiger partial charge in [-0.3, -0.25) is 0 Å². The van der Waals surface area contributed by atoms with Crippen molar-refractivity contribution >= 4 is 57.8 Å². The molecular formula is C22H11Cl3N2OS. The van der Waals surface area contributed by atoms with E-state index in [2.05, 4.69) is 11.1 Å². The molecule has 0 saturated heterocycles. The summed E-state index contributed by atoms with van der Waals surface area (Å²) < 4.78 is 5.86. The fourth-order valence-corrected chi connectivity index (χ4v) is 4.02. The quantitative estimate of drug-likeness (QED) is 0.291. The van der Waals surface area contributed by atoms with Crippen LogP contribution in [0.3, 0.4) is 0 Å². The van der Waals surface area contributed by atoms with E-state index in [9.17, 15) is 5.26 Å². The number of benzene rings is 2. The zero-order chi connectivity index (χ0) is 20.4. The van der Waals surface area contributed by atoms with E-state index in [0.29, 0.717) is 42.7 Å². The lowest BCUT2D eigenvalue weighted by molar-refractivity contribution is 0.572. The SMILES string of the molecule is N#CC(=Cc1ccc(-c2cccc(Cl)c2Cl)o1)c1nc(-c2ccc(Cl)cc2)cs1. The summed E-state index contributed by atoms with van der Waals surface area (Å²) in [6, 6.07) is 18.5. The van der Waals surface area contributed by atoms with Crippen LogP contribution in [0.2, 0.25) is 15.1 Å². The van der Waals surface area contributed by atoms with Crippen LogP contribution in [0.5, 0.6) is 0 Å². The van der Waals surface area contributed by atoms with Gasteiger partial charge >= 0.3 is 0 Å². The molecule has 0 aliphatic heterocycles. The van der Waals surface area contributed by atoms with Crippen LogP contribution in [0.15, 0.2) is 64.4 Å². The zero-order valence-electron chi connectivity index (χ0n) is 14.7. The standard InChI is InChI=1S/C22H11Cl3N2OS/c23-15-6-4-13(5-7-15)19-12-29-22(27-19)14(11-26)10-16-8-9-20(28-16)17-2-1-3-18(24)21(17)25/h1-10,12H. The third-order valence-corrected chi connectivity index (χ3v) is 6.07. The lowest BCUT2D eigenvalue weighted by atomic mass is 10.2. The summed E-state index contributed by atoms with van der Waals surface area (Å²) in [5.41, 5.74) is 2.82. The van der Waals surface area contributed by atoms with Crippen molar-refractivity contribution in [1.29, 1.82) is 5.26 Å². The Bertz CT molecular complexity index is 1250. The summed E-state index contributed by atoms with van der Waals surface area (Å²) in [7, 11) is 0. The summed E-state index contributed by atoms with van der Waals surface area (Å²) in [5.74, 6) is 1.10. The molecule has 4 aromatic rings. The summed E-state index contributed by atoms with van der Waals surface area (Å²) in [6.45, 7) is 0. The molecule has 0 saturated carbocycles. The first-order valence-electron chi connectivity index (χ1n) is 8.43. The van der Waals surface area contributed by atoms with Gasteiger partial charge in [-0.2, -0.15) is 5.26 Å². The van der Waals surface area contributed by atoms with Crippen molar-refractivity contribution in [3.8, 4) is 28.7 Å². The van der Waals surface area contributed by atoms with Gasteiger partial charge in [0, 0.05) is 27.6 Å². The molecule has 0 aliphatic carbocycles. The van der Waals surface area contributed by atoms with Crippen molar-refractivity contribution in [2.24, 2.45) is 0 Å². The Morgan fingerprint density at radius 2 is 1.83 bits per heavy atom. The van der Waals surface area contributed by atoms with Crippen LogP contribution in [0.4, 0.5) is 0 Å². The number of aromatic nitrogens is 1. The van der Waals surface area contributed by atoms with E-state index in [4.69, 9.17) is 39.2 Å². The highest BCUT2D eigenvalue weighted by molar-refractivity contribution is 7.11. The Hall–Kier alpha value is -2.55. The number of hydrogen-bond donors (Lipinski definition) is 0. The van der Waals surface area contributed by atoms with Gasteiger partial charge in [0.15, 0.2) is 0 Å². The van der Waals surface area contributed by atoms with Gasteiger partial charge in [0.25, 0.3) is 0 Å². The van der Waals surface area contributed by atoms with Gasteiger partial charge in [-0.1, -0.05) is 53.0 Å². The number of rotatable bonds is 4. The highest BCUT2D eigenvalue weighted by Gasteiger charge is 2.13. The second-order valence-corrected chi connectivity index (χ2v) is 8.10. The fourth-order valence-electron chi connectivity index (χ4n) is 2.70. The molecule has 2 aromatic carbocycles. The van der Waals surface area contributed by atoms with Crippen LogP contribution in [0, 0.1) is 11.3 Å². The Labute approximate surface area is 186 Å². The summed E-state index contributed by atoms with van der Waals surface area (Å²) >= 11 is 19.7. The molecule has 0 atom stereocenters. The van der Waals surface area contributed by atoms with Crippen LogP contribution >= 0.6 is 46.1 Å². The third-order valence-electron chi connectivity index (χ3n) is 4.13. The van der Waals surface area contributed by atoms with Crippen LogP contribution in [0.1, 0.15) is 10.8 Å². The highest BCUT2D eigenvalue weighted by atomic mass is 35.5. The summed E-state index contributed by atoms with van der Waals surface area (Å²) in [6.07, 6.45) is 1.66. The topological polar surface area (TPSA) is 49.8 Å². The van der Waals surface area contributed by atoms with E-state index in [0.717, 1.165) is 11.3 Å². The van der Waals surface area contributed by atoms with Crippen molar-refractivity contribution in [3.63, 3.8) is 0 Å². The molecule has 2 aromatic heterocycles. The number of nitriles is 1. The number of halogens is 3. The summed E-state index contributed by atoms with van der Waals surface area (Å²) in [5, 5.41) is 13.7. The van der Waals surface area contributed by atoms with Crippen molar-refractivity contribution in [2.75, 3.05) is 0 Å². The molecule has 3 nitrogen and oxygen atoms in total. The predicted molar refractivity (Wildman–Crippen MR) is 120 cm³/mol. The molecule has 0 unspecified atom stereocenters. The number of nitrogens with zero attached hydrogens (tertiary/aromatic N) is 2. The molecule has 4 rings (SSSR count). The van der Waals surface area contributed by atoms with Gasteiger partial charge in [-0.05, 0) is 36.4 Å². The highest BCUT2D eigenvalue weighted by Crippen LogP contribution is 2.35. The van der Waals surface area contributed by atoms with E-state index >= 15 is 0 Å². The van der Waals surface area contributed by atoms with Crippen molar-refractivity contribution in [3.05, 3.63) is 85.8 Å². The second-order valence-electron chi connectivity index (χ2n) is 6.02. The Balaban J connectivity index is 1.64. The van der Waals surface area contributed by atoms with Crippen molar-refractivity contribution in [1.82, 2.24) is 4.98 Å². The second kappa shape index (κ2) is 8.44. The maximum atomic E-state index is 9.61. The monoisotopic (exact) mass is 456 g/mol. The molecule has 29 heavy (non-hydrogen) atoms. The Morgan fingerprint density at radius 3 is 2.59 bits per heavy atom. The van der Waals surface area contributed by atoms with E-state index in [1.165, 1.54) is 11.3 Å². The number of furan rings is 1. The number of hydrogen-bond acceptors (Lipinski definition) is 4. The number of allylic oxidation sites excluding steroid dienone is 1. The van der Waals surface area contributed by atoms with Gasteiger partial charge in [0.1, 0.15) is 22.6 Å². The van der Waals surface area contributed by atoms with Crippen molar-refractivity contribution < 1.29 is 4.42 Å². The summed E-state index contributed by atoms with van der Waals surface area (Å²) in [4.78, 5) is 4.57. The molecule has 0 fully saturated rings. The largest absolute Gasteiger partial charge is 0.457 e. The van der Waals surface area contributed by atoms with Gasteiger partial charge in [-0.25, -0.2) is 4.98 Å². The van der Waals surface area contributed by atoms with E-state index in [1.54, 1.807) is 30.3 Å². The van der Waals surface area contributed by atoms with Gasteiger partial charge in [-0.15, -0.1) is 11.3 Å². The lowest BCUT2D eigenvalue weighted by Crippen LogP contribution is -1.82. The van der Waals surface area contributed by atoms with Crippen molar-refractivity contribution in [2.45, 2.75) is 0 Å². The molecule has 0 radical (unpaired) electrons. The molecule has 0 amide bonds. The molecule has 0 aliphatic rings. The third kappa shape index (κ3) is 4.24. The number of thiazole rings is 1. The normalized spacial score (nSPS) is 11.4. The minimum absolute atomic E-state index is 0.410. The van der Waals surface area contributed by atoms with E-state index in [-0.39, 0.29) is 0 Å². The first-order valence-corrected chi connectivity index (χ1v) is 10.4. The maximum absolute atomic E-state index is 9.61. The van der Waals surface area contributed by atoms with Gasteiger partial charge < -0.3 is 4.42 Å². The van der Waals surface area contributed by atoms with Gasteiger partial charge in [0.2, 0.25) is 0 Å². The van der Waals surface area contributed by atoms with Crippen LogP contribution in [0.25, 0.3) is 34.2 Å². The van der Waals surface area contributed by atoms with E-state index < -0.39 is 0 Å². The molecule has 0 spiro atoms. The molecule has 0 N–H and O–H groups in total. The van der Waals surface area contributed by atoms with Crippen LogP contribution < -0.4 is 0 Å². The van der Waals surface area contributed by atoms with Crippen LogP contribution in [-0.4, -0.2) is 4.98 Å². The van der Waals surface area contributed by atoms with Gasteiger partial charge in [0.05, 0.1) is 21.3 Å². The van der Waals surface area contributed by atoms with E-state index in [1.807, 2.05) is 35.7 Å². The molecule has 7 heteroatoms. The minimum atomic E-state index is 0.410. The Morgan fingerprint density at radius 1 is 1.03 bits per heavy atom. The lowest BCUT2D eigenvalue weighted by Gasteiger charge is -2.02. The predicted octanol–water partition coefficient (Wildman–Crippen LogP) is 8.09. The minimum Gasteiger partial charge on any atom is -0.457 e. The maximum Gasteiger partial charge on any atom is 0.136 e. The first kappa shape index (κ1) is 19.8. The fraction of sp³-hybridized carbons (Fsp3) is 0. The molecule has 2 heterocycles. The molecular weight excluding hydrogens is 447 g/mol. The average molecular weight is 458 g/mol. The average Bonchev–Trinajstić information content (AvgIpc) is 3.39.